The number of carbonyl (C=O) groups is 1. The van der Waals surface area contributed by atoms with Crippen molar-refractivity contribution in [2.24, 2.45) is 0 Å². The van der Waals surface area contributed by atoms with Gasteiger partial charge in [-0.2, -0.15) is 0 Å². The van der Waals surface area contributed by atoms with Crippen LogP contribution in [0.3, 0.4) is 0 Å². The van der Waals surface area contributed by atoms with E-state index >= 15 is 0 Å². The lowest BCUT2D eigenvalue weighted by molar-refractivity contribution is -0.0214. The van der Waals surface area contributed by atoms with Crippen LogP contribution in [0.5, 0.6) is 0 Å². The molecule has 1 aliphatic heterocycles. The van der Waals surface area contributed by atoms with Gasteiger partial charge in [0.05, 0.1) is 13.2 Å². The van der Waals surface area contributed by atoms with Gasteiger partial charge in [-0.3, -0.25) is 14.6 Å². The molecule has 0 amide bonds. The predicted molar refractivity (Wildman–Crippen MR) is 109 cm³/mol. The molecule has 0 bridgehead atoms. The third kappa shape index (κ3) is 4.13. The van der Waals surface area contributed by atoms with E-state index in [9.17, 15) is 4.79 Å². The van der Waals surface area contributed by atoms with Gasteiger partial charge in [0.15, 0.2) is 5.78 Å². The summed E-state index contributed by atoms with van der Waals surface area (Å²) >= 11 is 0. The van der Waals surface area contributed by atoms with Gasteiger partial charge in [0.1, 0.15) is 5.54 Å². The van der Waals surface area contributed by atoms with Crippen molar-refractivity contribution in [3.05, 3.63) is 71.8 Å². The van der Waals surface area contributed by atoms with Crippen molar-refractivity contribution in [3.63, 3.8) is 0 Å². The van der Waals surface area contributed by atoms with Gasteiger partial charge in [-0.05, 0) is 33.0 Å². The Labute approximate surface area is 162 Å². The summed E-state index contributed by atoms with van der Waals surface area (Å²) in [5.41, 5.74) is 1.29. The topological polar surface area (TPSA) is 32.8 Å². The molecule has 0 spiro atoms. The molecule has 3 rings (SSSR count). The molecule has 0 N–H and O–H groups in total. The number of likely N-dealkylation sites (N-methyl/N-ethyl adjacent to an activating group) is 1. The van der Waals surface area contributed by atoms with Crippen molar-refractivity contribution in [2.75, 3.05) is 40.4 Å². The van der Waals surface area contributed by atoms with Crippen molar-refractivity contribution in [1.82, 2.24) is 9.80 Å². The molecule has 0 aromatic heterocycles. The van der Waals surface area contributed by atoms with Gasteiger partial charge in [-0.25, -0.2) is 0 Å². The number of ketones is 1. The predicted octanol–water partition coefficient (Wildman–Crippen LogP) is 3.13. The summed E-state index contributed by atoms with van der Waals surface area (Å²) in [4.78, 5) is 18.4. The lowest BCUT2D eigenvalue weighted by Gasteiger charge is -2.48. The number of morpholine rings is 1. The molecule has 2 aromatic carbocycles. The van der Waals surface area contributed by atoms with E-state index in [2.05, 4.69) is 28.9 Å². The lowest BCUT2D eigenvalue weighted by Crippen LogP contribution is -2.66. The van der Waals surface area contributed by atoms with Crippen LogP contribution in [0.2, 0.25) is 0 Å². The molecule has 1 aliphatic rings. The summed E-state index contributed by atoms with van der Waals surface area (Å²) in [5, 5.41) is 0. The van der Waals surface area contributed by atoms with Crippen LogP contribution < -0.4 is 0 Å². The number of rotatable bonds is 7. The van der Waals surface area contributed by atoms with Crippen LogP contribution in [0.25, 0.3) is 0 Å². The molecule has 2 aromatic rings. The maximum atomic E-state index is 13.9. The normalized spacial score (nSPS) is 18.8. The first kappa shape index (κ1) is 19.7. The lowest BCUT2D eigenvalue weighted by atomic mass is 9.76. The number of ether oxygens (including phenoxy) is 1. The fraction of sp³-hybridized carbons (Fsp3) is 0.435. The van der Waals surface area contributed by atoms with Crippen LogP contribution in [0.15, 0.2) is 60.7 Å². The molecule has 0 radical (unpaired) electrons. The van der Waals surface area contributed by atoms with Gasteiger partial charge >= 0.3 is 0 Å². The Balaban J connectivity index is 2.05. The largest absolute Gasteiger partial charge is 0.379 e. The first-order chi connectivity index (χ1) is 13.1. The van der Waals surface area contributed by atoms with Crippen molar-refractivity contribution >= 4 is 5.78 Å². The van der Waals surface area contributed by atoms with Crippen LogP contribution in [0.1, 0.15) is 22.8 Å². The fourth-order valence-corrected chi connectivity index (χ4v) is 4.17. The molecule has 144 valence electrons. The molecular formula is C23H30N2O2. The second-order valence-corrected chi connectivity index (χ2v) is 7.50. The minimum atomic E-state index is -0.653. The van der Waals surface area contributed by atoms with Gasteiger partial charge in [-0.1, -0.05) is 60.7 Å². The van der Waals surface area contributed by atoms with E-state index in [-0.39, 0.29) is 11.8 Å². The Kier molecular flexibility index (Phi) is 6.42. The van der Waals surface area contributed by atoms with Crippen molar-refractivity contribution in [3.8, 4) is 0 Å². The van der Waals surface area contributed by atoms with E-state index in [1.807, 2.05) is 62.6 Å². The number of hydrogen-bond donors (Lipinski definition) is 0. The smallest absolute Gasteiger partial charge is 0.184 e. The van der Waals surface area contributed by atoms with Gasteiger partial charge < -0.3 is 4.74 Å². The maximum absolute atomic E-state index is 13.9. The molecule has 0 aliphatic carbocycles. The van der Waals surface area contributed by atoms with Gasteiger partial charge in [0.25, 0.3) is 0 Å². The van der Waals surface area contributed by atoms with Crippen molar-refractivity contribution in [2.45, 2.75) is 24.9 Å². The number of benzene rings is 2. The highest BCUT2D eigenvalue weighted by atomic mass is 16.5. The molecule has 4 heteroatoms. The fourth-order valence-electron chi connectivity index (χ4n) is 4.17. The average Bonchev–Trinajstić information content (AvgIpc) is 2.73. The quantitative estimate of drug-likeness (QED) is 0.705. The Bertz CT molecular complexity index is 727. The molecule has 2 atom stereocenters. The van der Waals surface area contributed by atoms with E-state index in [0.29, 0.717) is 6.42 Å². The third-order valence-corrected chi connectivity index (χ3v) is 5.83. The standard InChI is InChI=1S/C23H30N2O2/c1-19(25-14-16-27-17-15-25)23(24(2)3,18-20-10-6-4-7-11-20)22(26)21-12-8-5-9-13-21/h4-13,19H,14-18H2,1-3H3. The van der Waals surface area contributed by atoms with Gasteiger partial charge in [0.2, 0.25) is 0 Å². The second-order valence-electron chi connectivity index (χ2n) is 7.50. The summed E-state index contributed by atoms with van der Waals surface area (Å²) in [6, 6.07) is 20.1. The summed E-state index contributed by atoms with van der Waals surface area (Å²) < 4.78 is 5.55. The zero-order valence-electron chi connectivity index (χ0n) is 16.6. The first-order valence-electron chi connectivity index (χ1n) is 9.68. The average molecular weight is 367 g/mol. The minimum absolute atomic E-state index is 0.0595. The first-order valence-corrected chi connectivity index (χ1v) is 9.68. The Morgan fingerprint density at radius 1 is 1.04 bits per heavy atom. The van der Waals surface area contributed by atoms with E-state index in [4.69, 9.17) is 4.74 Å². The van der Waals surface area contributed by atoms with Crippen LogP contribution >= 0.6 is 0 Å². The van der Waals surface area contributed by atoms with Crippen LogP contribution in [-0.2, 0) is 11.2 Å². The SMILES string of the molecule is CC(N1CCOCC1)C(Cc1ccccc1)(C(=O)c1ccccc1)N(C)C. The number of hydrogen-bond acceptors (Lipinski definition) is 4. The van der Waals surface area contributed by atoms with Crippen molar-refractivity contribution in [1.29, 1.82) is 0 Å². The highest BCUT2D eigenvalue weighted by molar-refractivity contribution is 6.04. The van der Waals surface area contributed by atoms with Gasteiger partial charge in [-0.15, -0.1) is 0 Å². The minimum Gasteiger partial charge on any atom is -0.379 e. The molecule has 27 heavy (non-hydrogen) atoms. The Morgan fingerprint density at radius 3 is 2.15 bits per heavy atom. The molecule has 2 unspecified atom stereocenters. The summed E-state index contributed by atoms with van der Waals surface area (Å²) in [5.74, 6) is 0.177. The highest BCUT2D eigenvalue weighted by Gasteiger charge is 2.48. The molecule has 0 saturated carbocycles. The molecule has 1 saturated heterocycles. The molecular weight excluding hydrogens is 336 g/mol. The van der Waals surface area contributed by atoms with Crippen LogP contribution in [0.4, 0.5) is 0 Å². The number of nitrogens with zero attached hydrogens (tertiary/aromatic N) is 2. The second kappa shape index (κ2) is 8.79. The monoisotopic (exact) mass is 366 g/mol. The summed E-state index contributed by atoms with van der Waals surface area (Å²) in [7, 11) is 4.06. The van der Waals surface area contributed by atoms with Gasteiger partial charge in [0, 0.05) is 24.7 Å². The zero-order chi connectivity index (χ0) is 19.3. The molecule has 1 heterocycles. The Morgan fingerprint density at radius 2 is 1.59 bits per heavy atom. The van der Waals surface area contributed by atoms with E-state index in [0.717, 1.165) is 31.9 Å². The van der Waals surface area contributed by atoms with Crippen molar-refractivity contribution < 1.29 is 9.53 Å². The summed E-state index contributed by atoms with van der Waals surface area (Å²) in [6.45, 7) is 5.34. The summed E-state index contributed by atoms with van der Waals surface area (Å²) in [6.07, 6.45) is 0.674. The van der Waals surface area contributed by atoms with Crippen LogP contribution in [0, 0.1) is 0 Å². The molecule has 4 nitrogen and oxygen atoms in total. The number of carbonyl (C=O) groups excluding carboxylic acids is 1. The Hall–Kier alpha value is -2.01. The van der Waals surface area contributed by atoms with Crippen LogP contribution in [-0.4, -0.2) is 67.6 Å². The number of Topliss-reactive ketones (excluding diaryl/α,β-unsaturated/α-hetero) is 1. The highest BCUT2D eigenvalue weighted by Crippen LogP contribution is 2.31. The van der Waals surface area contributed by atoms with E-state index in [1.54, 1.807) is 0 Å². The van der Waals surface area contributed by atoms with E-state index < -0.39 is 5.54 Å². The third-order valence-electron chi connectivity index (χ3n) is 5.83. The maximum Gasteiger partial charge on any atom is 0.184 e. The zero-order valence-corrected chi connectivity index (χ0v) is 16.6. The van der Waals surface area contributed by atoms with E-state index in [1.165, 1.54) is 5.56 Å². The molecule has 1 fully saturated rings.